The lowest BCUT2D eigenvalue weighted by atomic mass is 10.1. The minimum Gasteiger partial charge on any atom is -0.495 e. The van der Waals surface area contributed by atoms with Crippen LogP contribution in [0.2, 0.25) is 0 Å². The molecule has 1 aromatic heterocycles. The van der Waals surface area contributed by atoms with Crippen LogP contribution in [-0.4, -0.2) is 32.1 Å². The highest BCUT2D eigenvalue weighted by molar-refractivity contribution is 7.12. The highest BCUT2D eigenvalue weighted by Gasteiger charge is 2.19. The van der Waals surface area contributed by atoms with Crippen LogP contribution in [0, 0.1) is 0 Å². The number of nitrogens with one attached hydrogen (secondary N) is 2. The van der Waals surface area contributed by atoms with Crippen molar-refractivity contribution in [1.82, 2.24) is 10.6 Å². The normalized spacial score (nSPS) is 20.4. The molecule has 1 atom stereocenters. The summed E-state index contributed by atoms with van der Waals surface area (Å²) in [6.45, 7) is 1.91. The van der Waals surface area contributed by atoms with Crippen molar-refractivity contribution < 1.29 is 9.53 Å². The van der Waals surface area contributed by atoms with Crippen LogP contribution in [0.1, 0.15) is 22.5 Å². The van der Waals surface area contributed by atoms with Crippen LogP contribution in [0.5, 0.6) is 5.75 Å². The lowest BCUT2D eigenvalue weighted by Gasteiger charge is -2.23. The predicted octanol–water partition coefficient (Wildman–Crippen LogP) is 1.24. The van der Waals surface area contributed by atoms with Gasteiger partial charge in [-0.25, -0.2) is 0 Å². The monoisotopic (exact) mass is 240 g/mol. The van der Waals surface area contributed by atoms with Crippen molar-refractivity contribution >= 4 is 17.2 Å². The molecule has 5 heteroatoms. The van der Waals surface area contributed by atoms with E-state index in [1.54, 1.807) is 7.11 Å². The molecule has 0 saturated carbocycles. The van der Waals surface area contributed by atoms with Crippen LogP contribution in [0.15, 0.2) is 11.4 Å². The van der Waals surface area contributed by atoms with Gasteiger partial charge < -0.3 is 15.4 Å². The van der Waals surface area contributed by atoms with Crippen LogP contribution < -0.4 is 15.4 Å². The Morgan fingerprint density at radius 3 is 3.25 bits per heavy atom. The minimum absolute atomic E-state index is 0.0273. The number of piperidine rings is 1. The van der Waals surface area contributed by atoms with E-state index in [4.69, 9.17) is 4.74 Å². The molecule has 0 spiro atoms. The van der Waals surface area contributed by atoms with Crippen LogP contribution in [0.4, 0.5) is 0 Å². The summed E-state index contributed by atoms with van der Waals surface area (Å²) in [6.07, 6.45) is 2.17. The Hall–Kier alpha value is -1.07. The van der Waals surface area contributed by atoms with Crippen LogP contribution in [-0.2, 0) is 0 Å². The number of amides is 1. The van der Waals surface area contributed by atoms with E-state index in [0.717, 1.165) is 25.9 Å². The van der Waals surface area contributed by atoms with Gasteiger partial charge in [-0.1, -0.05) is 0 Å². The first kappa shape index (κ1) is 11.4. The summed E-state index contributed by atoms with van der Waals surface area (Å²) in [4.78, 5) is 12.6. The maximum Gasteiger partial charge on any atom is 0.265 e. The number of rotatable bonds is 3. The average Bonchev–Trinajstić information content (AvgIpc) is 2.78. The first-order valence-electron chi connectivity index (χ1n) is 5.44. The molecule has 1 amide bonds. The van der Waals surface area contributed by atoms with Crippen molar-refractivity contribution in [2.75, 3.05) is 20.2 Å². The average molecular weight is 240 g/mol. The fraction of sp³-hybridized carbons (Fsp3) is 0.545. The van der Waals surface area contributed by atoms with Gasteiger partial charge in [0.2, 0.25) is 0 Å². The number of ether oxygens (including phenoxy) is 1. The molecule has 0 bridgehead atoms. The van der Waals surface area contributed by atoms with Crippen LogP contribution in [0.3, 0.4) is 0 Å². The van der Waals surface area contributed by atoms with E-state index in [1.165, 1.54) is 11.3 Å². The zero-order valence-electron chi connectivity index (χ0n) is 9.29. The Balaban J connectivity index is 1.96. The summed E-state index contributed by atoms with van der Waals surface area (Å²) in [6, 6.07) is 2.06. The molecule has 1 aliphatic heterocycles. The molecule has 16 heavy (non-hydrogen) atoms. The SMILES string of the molecule is COc1ccsc1C(=O)N[C@H]1CCCNC1. The molecule has 2 N–H and O–H groups in total. The van der Waals surface area contributed by atoms with Crippen molar-refractivity contribution in [3.8, 4) is 5.75 Å². The zero-order valence-corrected chi connectivity index (χ0v) is 10.1. The van der Waals surface area contributed by atoms with E-state index in [-0.39, 0.29) is 11.9 Å². The second-order valence-corrected chi connectivity index (χ2v) is 4.75. The number of thiophene rings is 1. The standard InChI is InChI=1S/C11H16N2O2S/c1-15-9-4-6-16-10(9)11(14)13-8-3-2-5-12-7-8/h4,6,8,12H,2-3,5,7H2,1H3,(H,13,14)/t8-/m0/s1. The molecule has 0 radical (unpaired) electrons. The second-order valence-electron chi connectivity index (χ2n) is 3.83. The van der Waals surface area contributed by atoms with Gasteiger partial charge in [0.1, 0.15) is 10.6 Å². The van der Waals surface area contributed by atoms with Gasteiger partial charge in [0, 0.05) is 12.6 Å². The van der Waals surface area contributed by atoms with Crippen molar-refractivity contribution in [2.45, 2.75) is 18.9 Å². The molecule has 1 aliphatic rings. The summed E-state index contributed by atoms with van der Waals surface area (Å²) in [7, 11) is 1.58. The molecule has 2 rings (SSSR count). The van der Waals surface area contributed by atoms with Crippen molar-refractivity contribution in [3.63, 3.8) is 0 Å². The van der Waals surface area contributed by atoms with E-state index >= 15 is 0 Å². The van der Waals surface area contributed by atoms with E-state index in [1.807, 2.05) is 11.4 Å². The summed E-state index contributed by atoms with van der Waals surface area (Å²) < 4.78 is 5.13. The van der Waals surface area contributed by atoms with Crippen molar-refractivity contribution in [1.29, 1.82) is 0 Å². The molecule has 0 aromatic carbocycles. The molecule has 2 heterocycles. The van der Waals surface area contributed by atoms with Crippen LogP contribution in [0.25, 0.3) is 0 Å². The van der Waals surface area contributed by atoms with Gasteiger partial charge in [-0.15, -0.1) is 11.3 Å². The third-order valence-corrected chi connectivity index (χ3v) is 3.58. The van der Waals surface area contributed by atoms with Crippen LogP contribution >= 0.6 is 11.3 Å². The lowest BCUT2D eigenvalue weighted by Crippen LogP contribution is -2.45. The van der Waals surface area contributed by atoms with Crippen molar-refractivity contribution in [3.05, 3.63) is 16.3 Å². The fourth-order valence-electron chi connectivity index (χ4n) is 1.85. The Bertz CT molecular complexity index is 359. The largest absolute Gasteiger partial charge is 0.495 e. The maximum atomic E-state index is 11.9. The number of hydrogen-bond acceptors (Lipinski definition) is 4. The van der Waals surface area contributed by atoms with Gasteiger partial charge in [-0.3, -0.25) is 4.79 Å². The molecule has 0 unspecified atom stereocenters. The third kappa shape index (κ3) is 2.54. The molecule has 1 saturated heterocycles. The highest BCUT2D eigenvalue weighted by atomic mass is 32.1. The number of methoxy groups -OCH3 is 1. The molecule has 88 valence electrons. The molecular weight excluding hydrogens is 224 g/mol. The van der Waals surface area contributed by atoms with E-state index < -0.39 is 0 Å². The second kappa shape index (κ2) is 5.32. The summed E-state index contributed by atoms with van der Waals surface area (Å²) in [5.41, 5.74) is 0. The summed E-state index contributed by atoms with van der Waals surface area (Å²) in [5, 5.41) is 8.16. The third-order valence-electron chi connectivity index (χ3n) is 2.69. The fourth-order valence-corrected chi connectivity index (χ4v) is 2.61. The van der Waals surface area contributed by atoms with Gasteiger partial charge in [-0.05, 0) is 30.8 Å². The topological polar surface area (TPSA) is 50.4 Å². The number of carbonyl (C=O) groups is 1. The summed E-state index contributed by atoms with van der Waals surface area (Å²) >= 11 is 1.41. The Morgan fingerprint density at radius 1 is 1.69 bits per heavy atom. The lowest BCUT2D eigenvalue weighted by molar-refractivity contribution is 0.0932. The van der Waals surface area contributed by atoms with E-state index in [0.29, 0.717) is 10.6 Å². The molecule has 1 aromatic rings. The molecule has 0 aliphatic carbocycles. The van der Waals surface area contributed by atoms with Gasteiger partial charge in [0.05, 0.1) is 7.11 Å². The smallest absolute Gasteiger partial charge is 0.265 e. The Morgan fingerprint density at radius 2 is 2.56 bits per heavy atom. The van der Waals surface area contributed by atoms with Gasteiger partial charge >= 0.3 is 0 Å². The number of carbonyl (C=O) groups excluding carboxylic acids is 1. The Labute approximate surface area is 99.0 Å². The van der Waals surface area contributed by atoms with E-state index in [2.05, 4.69) is 10.6 Å². The molecule has 4 nitrogen and oxygen atoms in total. The first-order chi connectivity index (χ1) is 7.81. The zero-order chi connectivity index (χ0) is 11.4. The van der Waals surface area contributed by atoms with Gasteiger partial charge in [0.25, 0.3) is 5.91 Å². The molecular formula is C11H16N2O2S. The highest BCUT2D eigenvalue weighted by Crippen LogP contribution is 2.24. The predicted molar refractivity (Wildman–Crippen MR) is 64.2 cm³/mol. The quantitative estimate of drug-likeness (QED) is 0.835. The summed E-state index contributed by atoms with van der Waals surface area (Å²) in [5.74, 6) is 0.631. The van der Waals surface area contributed by atoms with Gasteiger partial charge in [-0.2, -0.15) is 0 Å². The van der Waals surface area contributed by atoms with E-state index in [9.17, 15) is 4.79 Å². The first-order valence-corrected chi connectivity index (χ1v) is 6.32. The minimum atomic E-state index is -0.0273. The molecule has 1 fully saturated rings. The Kier molecular flexibility index (Phi) is 3.79. The number of hydrogen-bond donors (Lipinski definition) is 2. The van der Waals surface area contributed by atoms with Gasteiger partial charge in [0.15, 0.2) is 0 Å². The van der Waals surface area contributed by atoms with Crippen molar-refractivity contribution in [2.24, 2.45) is 0 Å². The maximum absolute atomic E-state index is 11.9.